The normalized spacial score (nSPS) is 14.0. The second kappa shape index (κ2) is 10.5. The van der Waals surface area contributed by atoms with E-state index in [9.17, 15) is 14.4 Å². The van der Waals surface area contributed by atoms with Crippen LogP contribution in [-0.2, 0) is 9.59 Å². The van der Waals surface area contributed by atoms with Crippen molar-refractivity contribution in [2.75, 3.05) is 32.8 Å². The summed E-state index contributed by atoms with van der Waals surface area (Å²) in [5, 5.41) is 0.822. The summed E-state index contributed by atoms with van der Waals surface area (Å²) in [6.07, 6.45) is 0.642. The van der Waals surface area contributed by atoms with E-state index in [0.717, 1.165) is 0 Å². The monoisotopic (exact) mass is 464 g/mol. The lowest BCUT2D eigenvalue weighted by Gasteiger charge is -2.22. The zero-order chi connectivity index (χ0) is 22.4. The maximum Gasteiger partial charge on any atom is 0.308 e. The third kappa shape index (κ3) is 6.35. The molecule has 164 valence electrons. The Hall–Kier alpha value is -2.77. The molecule has 0 aliphatic carbocycles. The fourth-order valence-corrected chi connectivity index (χ4v) is 3.70. The molecular weight excluding hydrogens is 443 g/mol. The van der Waals surface area contributed by atoms with E-state index in [4.69, 9.17) is 32.7 Å². The molecule has 0 atom stereocenters. The Kier molecular flexibility index (Phi) is 7.76. The van der Waals surface area contributed by atoms with Crippen LogP contribution >= 0.6 is 23.2 Å². The van der Waals surface area contributed by atoms with Crippen LogP contribution in [0.1, 0.15) is 23.7 Å². The van der Waals surface area contributed by atoms with Crippen molar-refractivity contribution >= 4 is 41.0 Å². The van der Waals surface area contributed by atoms with E-state index in [2.05, 4.69) is 0 Å². The number of benzene rings is 2. The predicted molar refractivity (Wildman–Crippen MR) is 117 cm³/mol. The highest BCUT2D eigenvalue weighted by atomic mass is 35.5. The van der Waals surface area contributed by atoms with Gasteiger partial charge in [0.1, 0.15) is 11.5 Å². The van der Waals surface area contributed by atoms with Crippen molar-refractivity contribution in [3.63, 3.8) is 0 Å². The first-order valence-electron chi connectivity index (χ1n) is 9.77. The fraction of sp³-hybridized carbons (Fsp3) is 0.318. The molecular formula is C22H22Cl2N2O5. The maximum absolute atomic E-state index is 12.9. The highest BCUT2D eigenvalue weighted by Crippen LogP contribution is 2.27. The average molecular weight is 465 g/mol. The molecule has 1 heterocycles. The lowest BCUT2D eigenvalue weighted by Crippen LogP contribution is -2.39. The average Bonchev–Trinajstić information content (AvgIpc) is 2.98. The number of halogens is 2. The number of carbonyl (C=O) groups is 3. The van der Waals surface area contributed by atoms with E-state index in [0.29, 0.717) is 59.7 Å². The van der Waals surface area contributed by atoms with Crippen LogP contribution in [0.2, 0.25) is 10.0 Å². The summed E-state index contributed by atoms with van der Waals surface area (Å²) < 4.78 is 10.6. The van der Waals surface area contributed by atoms with Crippen molar-refractivity contribution in [2.24, 2.45) is 0 Å². The van der Waals surface area contributed by atoms with Gasteiger partial charge >= 0.3 is 5.97 Å². The minimum Gasteiger partial charge on any atom is -0.482 e. The van der Waals surface area contributed by atoms with Crippen LogP contribution in [0.4, 0.5) is 0 Å². The largest absolute Gasteiger partial charge is 0.482 e. The van der Waals surface area contributed by atoms with E-state index < -0.39 is 5.97 Å². The zero-order valence-electron chi connectivity index (χ0n) is 17.0. The minimum atomic E-state index is -0.448. The number of hydrogen-bond donors (Lipinski definition) is 0. The summed E-state index contributed by atoms with van der Waals surface area (Å²) in [5.74, 6) is -0.0954. The van der Waals surface area contributed by atoms with Gasteiger partial charge in [-0.1, -0.05) is 29.3 Å². The lowest BCUT2D eigenvalue weighted by molar-refractivity contribution is -0.133. The van der Waals surface area contributed by atoms with Crippen molar-refractivity contribution in [1.82, 2.24) is 9.80 Å². The first-order valence-corrected chi connectivity index (χ1v) is 10.5. The van der Waals surface area contributed by atoms with Crippen LogP contribution in [-0.4, -0.2) is 60.4 Å². The van der Waals surface area contributed by atoms with Crippen molar-refractivity contribution in [3.8, 4) is 11.5 Å². The molecule has 2 aromatic carbocycles. The molecule has 2 amide bonds. The molecule has 31 heavy (non-hydrogen) atoms. The Bertz CT molecular complexity index is 982. The quantitative estimate of drug-likeness (QED) is 0.498. The second-order valence-corrected chi connectivity index (χ2v) is 7.86. The molecule has 1 aliphatic rings. The van der Waals surface area contributed by atoms with Gasteiger partial charge < -0.3 is 19.3 Å². The van der Waals surface area contributed by atoms with E-state index in [-0.39, 0.29) is 18.4 Å². The molecule has 1 fully saturated rings. The maximum atomic E-state index is 12.9. The predicted octanol–water partition coefficient (Wildman–Crippen LogP) is 3.67. The molecule has 0 saturated carbocycles. The number of hydrogen-bond acceptors (Lipinski definition) is 5. The Morgan fingerprint density at radius 1 is 0.968 bits per heavy atom. The number of nitrogens with zero attached hydrogens (tertiary/aromatic N) is 2. The molecule has 1 aliphatic heterocycles. The Morgan fingerprint density at radius 3 is 2.45 bits per heavy atom. The summed E-state index contributed by atoms with van der Waals surface area (Å²) in [7, 11) is 0. The van der Waals surface area contributed by atoms with E-state index in [1.54, 1.807) is 52.3 Å². The SMILES string of the molecule is CC(=O)Oc1cccc(C(=O)N2CCCN(C(=O)COc3ccc(Cl)cc3Cl)CC2)c1. The minimum absolute atomic E-state index is 0.153. The van der Waals surface area contributed by atoms with E-state index in [1.165, 1.54) is 6.92 Å². The molecule has 0 spiro atoms. The molecule has 7 nitrogen and oxygen atoms in total. The summed E-state index contributed by atoms with van der Waals surface area (Å²) >= 11 is 11.9. The van der Waals surface area contributed by atoms with Gasteiger partial charge in [-0.25, -0.2) is 0 Å². The summed E-state index contributed by atoms with van der Waals surface area (Å²) in [6.45, 7) is 2.98. The fourth-order valence-electron chi connectivity index (χ4n) is 3.23. The molecule has 2 aromatic rings. The molecule has 0 radical (unpaired) electrons. The molecule has 0 aromatic heterocycles. The van der Waals surface area contributed by atoms with Gasteiger partial charge in [-0.05, 0) is 42.8 Å². The molecule has 3 rings (SSSR count). The standard InChI is InChI=1S/C22H22Cl2N2O5/c1-15(27)31-18-5-2-4-16(12-18)22(29)26-9-3-8-25(10-11-26)21(28)14-30-20-7-6-17(23)13-19(20)24/h2,4-7,12-13H,3,8-11,14H2,1H3. The first kappa shape index (κ1) is 22.9. The van der Waals surface area contributed by atoms with Crippen LogP contribution < -0.4 is 9.47 Å². The van der Waals surface area contributed by atoms with Gasteiger partial charge in [0.2, 0.25) is 0 Å². The molecule has 0 N–H and O–H groups in total. The first-order chi connectivity index (χ1) is 14.8. The number of rotatable bonds is 5. The van der Waals surface area contributed by atoms with Gasteiger partial charge in [0.25, 0.3) is 11.8 Å². The van der Waals surface area contributed by atoms with Crippen LogP contribution in [0.25, 0.3) is 0 Å². The molecule has 1 saturated heterocycles. The molecule has 0 unspecified atom stereocenters. The Balaban J connectivity index is 1.56. The molecule has 0 bridgehead atoms. The van der Waals surface area contributed by atoms with Gasteiger partial charge in [0.15, 0.2) is 6.61 Å². The van der Waals surface area contributed by atoms with E-state index in [1.807, 2.05) is 0 Å². The van der Waals surface area contributed by atoms with Crippen LogP contribution in [0.3, 0.4) is 0 Å². The second-order valence-electron chi connectivity index (χ2n) is 7.01. The smallest absolute Gasteiger partial charge is 0.308 e. The number of ether oxygens (including phenoxy) is 2. The van der Waals surface area contributed by atoms with Crippen LogP contribution in [0, 0.1) is 0 Å². The molecule has 9 heteroatoms. The van der Waals surface area contributed by atoms with Crippen molar-refractivity contribution < 1.29 is 23.9 Å². The van der Waals surface area contributed by atoms with Gasteiger partial charge in [-0.2, -0.15) is 0 Å². The van der Waals surface area contributed by atoms with E-state index >= 15 is 0 Å². The number of esters is 1. The Morgan fingerprint density at radius 2 is 1.71 bits per heavy atom. The Labute approximate surface area is 190 Å². The van der Waals surface area contributed by atoms with Crippen molar-refractivity contribution in [3.05, 3.63) is 58.1 Å². The van der Waals surface area contributed by atoms with Gasteiger partial charge in [0, 0.05) is 43.7 Å². The third-order valence-corrected chi connectivity index (χ3v) is 5.25. The highest BCUT2D eigenvalue weighted by molar-refractivity contribution is 6.35. The van der Waals surface area contributed by atoms with Crippen LogP contribution in [0.15, 0.2) is 42.5 Å². The lowest BCUT2D eigenvalue weighted by atomic mass is 10.2. The van der Waals surface area contributed by atoms with Crippen molar-refractivity contribution in [2.45, 2.75) is 13.3 Å². The van der Waals surface area contributed by atoms with Gasteiger partial charge in [0.05, 0.1) is 5.02 Å². The number of carbonyl (C=O) groups excluding carboxylic acids is 3. The number of amides is 2. The summed E-state index contributed by atoms with van der Waals surface area (Å²) in [6, 6.07) is 11.3. The summed E-state index contributed by atoms with van der Waals surface area (Å²) in [4.78, 5) is 40.0. The highest BCUT2D eigenvalue weighted by Gasteiger charge is 2.23. The van der Waals surface area contributed by atoms with Gasteiger partial charge in [-0.15, -0.1) is 0 Å². The van der Waals surface area contributed by atoms with Crippen LogP contribution in [0.5, 0.6) is 11.5 Å². The topological polar surface area (TPSA) is 76.2 Å². The van der Waals surface area contributed by atoms with Crippen molar-refractivity contribution in [1.29, 1.82) is 0 Å². The zero-order valence-corrected chi connectivity index (χ0v) is 18.5. The summed E-state index contributed by atoms with van der Waals surface area (Å²) in [5.41, 5.74) is 0.430. The van der Waals surface area contributed by atoms with Gasteiger partial charge in [-0.3, -0.25) is 14.4 Å². The third-order valence-electron chi connectivity index (χ3n) is 4.72.